The van der Waals surface area contributed by atoms with Crippen LogP contribution in [-0.2, 0) is 24.4 Å². The van der Waals surface area contributed by atoms with Gasteiger partial charge in [0.25, 0.3) is 0 Å². The van der Waals surface area contributed by atoms with Crippen LogP contribution in [0.2, 0.25) is 0 Å². The van der Waals surface area contributed by atoms with Crippen molar-refractivity contribution >= 4 is 27.8 Å². The van der Waals surface area contributed by atoms with E-state index >= 15 is 0 Å². The van der Waals surface area contributed by atoms with Gasteiger partial charge in [-0.25, -0.2) is 13.2 Å². The Morgan fingerprint density at radius 1 is 1.08 bits per heavy atom. The maximum atomic E-state index is 13.4. The first-order valence-electron chi connectivity index (χ1n) is 12.9. The minimum atomic E-state index is -3.89. The summed E-state index contributed by atoms with van der Waals surface area (Å²) in [6.45, 7) is 6.25. The van der Waals surface area contributed by atoms with Crippen molar-refractivity contribution in [1.82, 2.24) is 14.9 Å². The number of piperidine rings is 1. The van der Waals surface area contributed by atoms with Crippen LogP contribution in [0.3, 0.4) is 0 Å². The summed E-state index contributed by atoms with van der Waals surface area (Å²) in [4.78, 5) is 40.0. The lowest BCUT2D eigenvalue weighted by atomic mass is 9.81. The Kier molecular flexibility index (Phi) is 9.16. The molecule has 2 fully saturated rings. The Bertz CT molecular complexity index is 1040. The zero-order chi connectivity index (χ0) is 26.5. The Balaban J connectivity index is 1.64. The molecule has 1 aromatic carbocycles. The van der Waals surface area contributed by atoms with Gasteiger partial charge in [0.15, 0.2) is 0 Å². The van der Waals surface area contributed by atoms with Gasteiger partial charge in [-0.15, -0.1) is 0 Å². The van der Waals surface area contributed by atoms with Gasteiger partial charge in [0.1, 0.15) is 11.6 Å². The summed E-state index contributed by atoms with van der Waals surface area (Å²) < 4.78 is 28.6. The smallest absolute Gasteiger partial charge is 0.329 e. The van der Waals surface area contributed by atoms with Gasteiger partial charge in [-0.05, 0) is 50.7 Å². The predicted molar refractivity (Wildman–Crippen MR) is 136 cm³/mol. The molecule has 1 aliphatic carbocycles. The molecule has 0 spiro atoms. The van der Waals surface area contributed by atoms with Gasteiger partial charge in [0.2, 0.25) is 21.8 Å². The molecule has 3 N–H and O–H groups in total. The van der Waals surface area contributed by atoms with Gasteiger partial charge in [-0.3, -0.25) is 9.59 Å². The molecule has 1 aromatic rings. The topological polar surface area (TPSA) is 133 Å². The Morgan fingerprint density at radius 2 is 1.67 bits per heavy atom. The Morgan fingerprint density at radius 3 is 2.19 bits per heavy atom. The molecule has 1 saturated carbocycles. The first-order chi connectivity index (χ1) is 17.0. The number of hydrogen-bond donors (Lipinski definition) is 3. The number of aliphatic carboxylic acids is 1. The molecule has 0 unspecified atom stereocenters. The average Bonchev–Trinajstić information content (AvgIpc) is 2.87. The standard InChI is InChI=1S/C26H39N3O6S/c1-4-19(3)22(28-36(34,35)21-10-8-18(2)9-11-21)24(31)29-16-12-20(13-17-29)23(30)27-26(25(32)33)14-6-5-7-15-26/h8-11,19-20,22,28H,4-7,12-17H2,1-3H3,(H,27,30)(H,32,33)/t19-,22+/m1/s1. The normalized spacial score (nSPS) is 20.4. The summed E-state index contributed by atoms with van der Waals surface area (Å²) in [5.74, 6) is -2.16. The van der Waals surface area contributed by atoms with E-state index in [1.165, 1.54) is 12.1 Å². The molecule has 3 rings (SSSR count). The molecule has 36 heavy (non-hydrogen) atoms. The largest absolute Gasteiger partial charge is 0.480 e. The molecular weight excluding hydrogens is 482 g/mol. The lowest BCUT2D eigenvalue weighted by molar-refractivity contribution is -0.150. The van der Waals surface area contributed by atoms with Crippen molar-refractivity contribution < 1.29 is 27.9 Å². The first-order valence-corrected chi connectivity index (χ1v) is 14.4. The molecule has 1 heterocycles. The maximum absolute atomic E-state index is 13.4. The first kappa shape index (κ1) is 28.1. The van der Waals surface area contributed by atoms with E-state index in [4.69, 9.17) is 0 Å². The van der Waals surface area contributed by atoms with Gasteiger partial charge < -0.3 is 15.3 Å². The number of rotatable bonds is 9. The third kappa shape index (κ3) is 6.45. The van der Waals surface area contributed by atoms with Crippen molar-refractivity contribution in [3.63, 3.8) is 0 Å². The zero-order valence-electron chi connectivity index (χ0n) is 21.5. The number of nitrogens with one attached hydrogen (secondary N) is 2. The summed E-state index contributed by atoms with van der Waals surface area (Å²) in [7, 11) is -3.89. The molecule has 9 nitrogen and oxygen atoms in total. The molecule has 200 valence electrons. The molecule has 2 aliphatic rings. The number of carbonyl (C=O) groups is 3. The fraction of sp³-hybridized carbons (Fsp3) is 0.654. The quantitative estimate of drug-likeness (QED) is 0.458. The maximum Gasteiger partial charge on any atom is 0.329 e. The SMILES string of the molecule is CC[C@@H](C)[C@H](NS(=O)(=O)c1ccc(C)cc1)C(=O)N1CCC(C(=O)NC2(C(=O)O)CCCCC2)CC1. The van der Waals surface area contributed by atoms with Gasteiger partial charge in [0, 0.05) is 19.0 Å². The predicted octanol–water partition coefficient (Wildman–Crippen LogP) is 2.83. The van der Waals surface area contributed by atoms with E-state index in [0.29, 0.717) is 45.2 Å². The molecule has 10 heteroatoms. The second kappa shape index (κ2) is 11.7. The van der Waals surface area contributed by atoms with E-state index in [1.54, 1.807) is 17.0 Å². The summed E-state index contributed by atoms with van der Waals surface area (Å²) >= 11 is 0. The van der Waals surface area contributed by atoms with E-state index in [0.717, 1.165) is 24.8 Å². The summed E-state index contributed by atoms with van der Waals surface area (Å²) in [6, 6.07) is 5.56. The Hall–Kier alpha value is -2.46. The van der Waals surface area contributed by atoms with Gasteiger partial charge in [-0.2, -0.15) is 4.72 Å². The average molecular weight is 522 g/mol. The van der Waals surface area contributed by atoms with Gasteiger partial charge >= 0.3 is 5.97 Å². The summed E-state index contributed by atoms with van der Waals surface area (Å²) in [6.07, 6.45) is 4.81. The molecule has 1 saturated heterocycles. The number of nitrogens with zero attached hydrogens (tertiary/aromatic N) is 1. The molecule has 0 radical (unpaired) electrons. The van der Waals surface area contributed by atoms with Crippen molar-refractivity contribution in [2.24, 2.45) is 11.8 Å². The molecule has 2 amide bonds. The minimum absolute atomic E-state index is 0.111. The fourth-order valence-corrected chi connectivity index (χ4v) is 6.34. The highest BCUT2D eigenvalue weighted by Gasteiger charge is 2.43. The number of benzene rings is 1. The minimum Gasteiger partial charge on any atom is -0.480 e. The van der Waals surface area contributed by atoms with Crippen molar-refractivity contribution in [3.05, 3.63) is 29.8 Å². The summed E-state index contributed by atoms with van der Waals surface area (Å²) in [5, 5.41) is 12.6. The second-order valence-electron chi connectivity index (χ2n) is 10.3. The molecule has 0 bridgehead atoms. The van der Waals surface area contributed by atoms with Gasteiger partial charge in [0.05, 0.1) is 4.90 Å². The van der Waals surface area contributed by atoms with Crippen LogP contribution in [0.5, 0.6) is 0 Å². The van der Waals surface area contributed by atoms with Crippen molar-refractivity contribution in [2.45, 2.75) is 88.6 Å². The van der Waals surface area contributed by atoms with Crippen molar-refractivity contribution in [2.75, 3.05) is 13.1 Å². The lowest BCUT2D eigenvalue weighted by Crippen LogP contribution is -2.58. The number of amides is 2. The van der Waals surface area contributed by atoms with Crippen LogP contribution in [0.4, 0.5) is 0 Å². The van der Waals surface area contributed by atoms with E-state index in [1.807, 2.05) is 20.8 Å². The fourth-order valence-electron chi connectivity index (χ4n) is 5.04. The number of carboxylic acid groups (broad SMARTS) is 1. The number of aryl methyl sites for hydroxylation is 1. The number of hydrogen-bond acceptors (Lipinski definition) is 5. The van der Waals surface area contributed by atoms with Crippen LogP contribution in [0.25, 0.3) is 0 Å². The van der Waals surface area contributed by atoms with E-state index < -0.39 is 27.6 Å². The second-order valence-corrected chi connectivity index (χ2v) is 12.0. The van der Waals surface area contributed by atoms with E-state index in [-0.39, 0.29) is 28.5 Å². The number of carboxylic acids is 1. The third-order valence-electron chi connectivity index (χ3n) is 7.75. The van der Waals surface area contributed by atoms with Crippen LogP contribution in [0.15, 0.2) is 29.2 Å². The number of carbonyl (C=O) groups excluding carboxylic acids is 2. The van der Waals surface area contributed by atoms with E-state index in [9.17, 15) is 27.9 Å². The molecule has 1 aliphatic heterocycles. The van der Waals surface area contributed by atoms with Crippen LogP contribution in [-0.4, -0.2) is 60.9 Å². The highest BCUT2D eigenvalue weighted by atomic mass is 32.2. The Labute approximate surface area is 214 Å². The molecular formula is C26H39N3O6S. The highest BCUT2D eigenvalue weighted by Crippen LogP contribution is 2.30. The number of sulfonamides is 1. The van der Waals surface area contributed by atoms with Crippen LogP contribution >= 0.6 is 0 Å². The zero-order valence-corrected chi connectivity index (χ0v) is 22.3. The lowest BCUT2D eigenvalue weighted by Gasteiger charge is -2.38. The van der Waals surface area contributed by atoms with Crippen LogP contribution in [0.1, 0.15) is 70.8 Å². The van der Waals surface area contributed by atoms with Crippen LogP contribution < -0.4 is 10.0 Å². The molecule has 2 atom stereocenters. The monoisotopic (exact) mass is 521 g/mol. The van der Waals surface area contributed by atoms with E-state index in [2.05, 4.69) is 10.0 Å². The highest BCUT2D eigenvalue weighted by molar-refractivity contribution is 7.89. The molecule has 0 aromatic heterocycles. The van der Waals surface area contributed by atoms with Gasteiger partial charge in [-0.1, -0.05) is 57.2 Å². The van der Waals surface area contributed by atoms with Crippen LogP contribution in [0, 0.1) is 18.8 Å². The van der Waals surface area contributed by atoms with Crippen molar-refractivity contribution in [3.8, 4) is 0 Å². The third-order valence-corrected chi connectivity index (χ3v) is 9.21. The number of likely N-dealkylation sites (tertiary alicyclic amines) is 1. The summed E-state index contributed by atoms with van der Waals surface area (Å²) in [5.41, 5.74) is -0.258. The van der Waals surface area contributed by atoms with Crippen molar-refractivity contribution in [1.29, 1.82) is 0 Å².